The van der Waals surface area contributed by atoms with Gasteiger partial charge in [-0.2, -0.15) is 0 Å². The molecule has 3 rings (SSSR count). The molecule has 0 aliphatic heterocycles. The fourth-order valence-corrected chi connectivity index (χ4v) is 2.25. The van der Waals surface area contributed by atoms with Crippen LogP contribution < -0.4 is 0 Å². The number of hydrogen-bond donors (Lipinski definition) is 0. The van der Waals surface area contributed by atoms with Crippen LogP contribution in [-0.2, 0) is 0 Å². The molecule has 0 bridgehead atoms. The summed E-state index contributed by atoms with van der Waals surface area (Å²) < 4.78 is 14.2. The Balaban J connectivity index is 1.80. The summed E-state index contributed by atoms with van der Waals surface area (Å²) in [6.07, 6.45) is 0. The third-order valence-electron chi connectivity index (χ3n) is 3.76. The summed E-state index contributed by atoms with van der Waals surface area (Å²) in [6, 6.07) is 20.7. The highest BCUT2D eigenvalue weighted by molar-refractivity contribution is 5.48. The summed E-state index contributed by atoms with van der Waals surface area (Å²) in [6.45, 7) is 4.05. The number of benzene rings is 3. The van der Waals surface area contributed by atoms with Gasteiger partial charge < -0.3 is 0 Å². The second kappa shape index (κ2) is 7.52. The second-order valence-electron chi connectivity index (χ2n) is 5.93. The molecule has 120 valence electrons. The van der Waals surface area contributed by atoms with Crippen LogP contribution in [0.3, 0.4) is 0 Å². The molecular weight excluding hydrogens is 307 g/mol. The van der Waals surface area contributed by atoms with Gasteiger partial charge in [0.05, 0.1) is 5.56 Å². The molecular formula is C24H17F. The molecule has 3 aromatic rings. The van der Waals surface area contributed by atoms with Crippen molar-refractivity contribution in [3.8, 4) is 23.7 Å². The Morgan fingerprint density at radius 2 is 1.00 bits per heavy atom. The quantitative estimate of drug-likeness (QED) is 0.496. The van der Waals surface area contributed by atoms with Crippen molar-refractivity contribution >= 4 is 0 Å². The lowest BCUT2D eigenvalue weighted by Crippen LogP contribution is -1.86. The summed E-state index contributed by atoms with van der Waals surface area (Å²) >= 11 is 0. The van der Waals surface area contributed by atoms with Crippen molar-refractivity contribution in [3.63, 3.8) is 0 Å². The first kappa shape index (κ1) is 16.6. The van der Waals surface area contributed by atoms with Gasteiger partial charge >= 0.3 is 0 Å². The fraction of sp³-hybridized carbons (Fsp3) is 0.0833. The largest absolute Gasteiger partial charge is 0.206 e. The van der Waals surface area contributed by atoms with Gasteiger partial charge in [-0.05, 0) is 56.3 Å². The van der Waals surface area contributed by atoms with E-state index in [1.54, 1.807) is 12.1 Å². The molecule has 0 atom stereocenters. The minimum atomic E-state index is -0.352. The molecule has 0 saturated carbocycles. The average Bonchev–Trinajstić information content (AvgIpc) is 2.62. The normalized spacial score (nSPS) is 9.56. The van der Waals surface area contributed by atoms with Gasteiger partial charge in [0.15, 0.2) is 0 Å². The van der Waals surface area contributed by atoms with Gasteiger partial charge in [0.2, 0.25) is 0 Å². The van der Waals surface area contributed by atoms with Crippen molar-refractivity contribution in [1.82, 2.24) is 0 Å². The van der Waals surface area contributed by atoms with Crippen LogP contribution in [0.15, 0.2) is 66.7 Å². The first-order valence-electron chi connectivity index (χ1n) is 8.07. The van der Waals surface area contributed by atoms with Gasteiger partial charge in [-0.15, -0.1) is 0 Å². The van der Waals surface area contributed by atoms with E-state index >= 15 is 0 Å². The minimum absolute atomic E-state index is 0.352. The van der Waals surface area contributed by atoms with Crippen LogP contribution in [0.2, 0.25) is 0 Å². The predicted molar refractivity (Wildman–Crippen MR) is 101 cm³/mol. The minimum Gasteiger partial charge on any atom is -0.206 e. The zero-order valence-electron chi connectivity index (χ0n) is 14.2. The summed E-state index contributed by atoms with van der Waals surface area (Å²) in [4.78, 5) is 0. The third-order valence-corrected chi connectivity index (χ3v) is 3.76. The van der Waals surface area contributed by atoms with E-state index < -0.39 is 0 Å². The summed E-state index contributed by atoms with van der Waals surface area (Å²) in [5, 5.41) is 0. The van der Waals surface area contributed by atoms with Crippen LogP contribution in [0.1, 0.15) is 33.4 Å². The smallest absolute Gasteiger partial charge is 0.140 e. The van der Waals surface area contributed by atoms with E-state index in [0.29, 0.717) is 11.1 Å². The molecule has 25 heavy (non-hydrogen) atoms. The van der Waals surface area contributed by atoms with Gasteiger partial charge in [0.1, 0.15) is 5.82 Å². The molecule has 1 heteroatoms. The number of rotatable bonds is 0. The van der Waals surface area contributed by atoms with E-state index in [1.165, 1.54) is 17.2 Å². The Bertz CT molecular complexity index is 1000. The summed E-state index contributed by atoms with van der Waals surface area (Å²) in [5.74, 6) is 11.6. The van der Waals surface area contributed by atoms with E-state index in [1.807, 2.05) is 62.4 Å². The van der Waals surface area contributed by atoms with Crippen molar-refractivity contribution < 1.29 is 4.39 Å². The van der Waals surface area contributed by atoms with Gasteiger partial charge in [0.25, 0.3) is 0 Å². The van der Waals surface area contributed by atoms with Crippen LogP contribution in [0.4, 0.5) is 4.39 Å². The molecule has 0 heterocycles. The van der Waals surface area contributed by atoms with Crippen molar-refractivity contribution in [2.45, 2.75) is 13.8 Å². The molecule has 0 aliphatic rings. The lowest BCUT2D eigenvalue weighted by molar-refractivity contribution is 0.624. The Morgan fingerprint density at radius 1 is 0.560 bits per heavy atom. The molecule has 0 nitrogen and oxygen atoms in total. The number of halogens is 1. The second-order valence-corrected chi connectivity index (χ2v) is 5.93. The first-order chi connectivity index (χ1) is 12.1. The number of aryl methyl sites for hydroxylation is 2. The van der Waals surface area contributed by atoms with E-state index in [9.17, 15) is 4.39 Å². The average molecular weight is 324 g/mol. The molecule has 0 radical (unpaired) electrons. The first-order valence-corrected chi connectivity index (χ1v) is 8.07. The van der Waals surface area contributed by atoms with E-state index in [4.69, 9.17) is 0 Å². The van der Waals surface area contributed by atoms with Gasteiger partial charge in [-0.1, -0.05) is 59.1 Å². The maximum atomic E-state index is 14.2. The predicted octanol–water partition coefficient (Wildman–Crippen LogP) is 5.24. The highest BCUT2D eigenvalue weighted by atomic mass is 19.1. The molecule has 0 saturated heterocycles. The SMILES string of the molecule is Cc1ccc(C#Cc2ccc(C#Cc3ccc(C)cc3)c(F)c2)cc1. The van der Waals surface area contributed by atoms with E-state index in [-0.39, 0.29) is 5.82 Å². The lowest BCUT2D eigenvalue weighted by Gasteiger charge is -1.96. The molecule has 0 unspecified atom stereocenters. The summed E-state index contributed by atoms with van der Waals surface area (Å²) in [5.41, 5.74) is 5.16. The molecule has 0 aliphatic carbocycles. The molecule has 0 N–H and O–H groups in total. The van der Waals surface area contributed by atoms with Crippen molar-refractivity contribution in [2.75, 3.05) is 0 Å². The Morgan fingerprint density at radius 3 is 1.52 bits per heavy atom. The van der Waals surface area contributed by atoms with E-state index in [0.717, 1.165) is 11.1 Å². The highest BCUT2D eigenvalue weighted by Gasteiger charge is 1.99. The topological polar surface area (TPSA) is 0 Å². The van der Waals surface area contributed by atoms with Gasteiger partial charge in [-0.3, -0.25) is 0 Å². The summed E-state index contributed by atoms with van der Waals surface area (Å²) in [7, 11) is 0. The van der Waals surface area contributed by atoms with Crippen molar-refractivity contribution in [1.29, 1.82) is 0 Å². The van der Waals surface area contributed by atoms with Gasteiger partial charge in [-0.25, -0.2) is 4.39 Å². The Hall–Kier alpha value is -3.29. The lowest BCUT2D eigenvalue weighted by atomic mass is 10.1. The van der Waals surface area contributed by atoms with Crippen LogP contribution in [0, 0.1) is 43.3 Å². The third kappa shape index (κ3) is 4.60. The van der Waals surface area contributed by atoms with Crippen molar-refractivity contribution in [2.24, 2.45) is 0 Å². The zero-order valence-corrected chi connectivity index (χ0v) is 14.2. The number of hydrogen-bond acceptors (Lipinski definition) is 0. The Kier molecular flexibility index (Phi) is 4.98. The Labute approximate surface area is 148 Å². The van der Waals surface area contributed by atoms with Crippen LogP contribution in [0.25, 0.3) is 0 Å². The zero-order chi connectivity index (χ0) is 17.6. The van der Waals surface area contributed by atoms with E-state index in [2.05, 4.69) is 23.7 Å². The molecule has 0 spiro atoms. The van der Waals surface area contributed by atoms with Crippen molar-refractivity contribution in [3.05, 3.63) is 106 Å². The molecule has 0 amide bonds. The highest BCUT2D eigenvalue weighted by Crippen LogP contribution is 2.10. The molecule has 0 aromatic heterocycles. The maximum Gasteiger partial charge on any atom is 0.140 e. The van der Waals surface area contributed by atoms with Crippen LogP contribution >= 0.6 is 0 Å². The van der Waals surface area contributed by atoms with Crippen LogP contribution in [0.5, 0.6) is 0 Å². The standard InChI is InChI=1S/C24H17F/c1-18-3-7-20(8-4-18)11-12-22-14-16-23(24(25)17-22)15-13-21-9-5-19(2)6-10-21/h3-10,14,16-17H,1-2H3. The maximum absolute atomic E-state index is 14.2. The molecule has 0 fully saturated rings. The van der Waals surface area contributed by atoms with Gasteiger partial charge in [0, 0.05) is 16.7 Å². The van der Waals surface area contributed by atoms with Crippen LogP contribution in [-0.4, -0.2) is 0 Å². The monoisotopic (exact) mass is 324 g/mol. The fourth-order valence-electron chi connectivity index (χ4n) is 2.25. The molecule has 3 aromatic carbocycles.